The summed E-state index contributed by atoms with van der Waals surface area (Å²) in [5.41, 5.74) is -1.24. The fourth-order valence-electron chi connectivity index (χ4n) is 1.84. The van der Waals surface area contributed by atoms with Crippen molar-refractivity contribution in [1.82, 2.24) is 9.88 Å². The summed E-state index contributed by atoms with van der Waals surface area (Å²) in [5, 5.41) is 0.0163. The second-order valence-corrected chi connectivity index (χ2v) is 9.33. The van der Waals surface area contributed by atoms with Gasteiger partial charge in [-0.05, 0) is 48.5 Å². The van der Waals surface area contributed by atoms with E-state index in [2.05, 4.69) is 4.98 Å². The van der Waals surface area contributed by atoms with Crippen LogP contribution in [0.5, 0.6) is 0 Å². The van der Waals surface area contributed by atoms with E-state index in [-0.39, 0.29) is 10.9 Å². The zero-order chi connectivity index (χ0) is 21.9. The molecule has 0 unspecified atom stereocenters. The molecule has 0 bridgehead atoms. The van der Waals surface area contributed by atoms with Crippen LogP contribution >= 0.6 is 11.3 Å². The van der Waals surface area contributed by atoms with Crippen LogP contribution in [-0.2, 0) is 9.47 Å². The molecule has 2 amide bonds. The minimum Gasteiger partial charge on any atom is -0.443 e. The summed E-state index contributed by atoms with van der Waals surface area (Å²) in [5.74, 6) is -0.275. The second kappa shape index (κ2) is 8.72. The van der Waals surface area contributed by atoms with Gasteiger partial charge < -0.3 is 14.4 Å². The Morgan fingerprint density at radius 3 is 1.82 bits per heavy atom. The van der Waals surface area contributed by atoms with Gasteiger partial charge in [-0.1, -0.05) is 11.3 Å². The predicted octanol–water partition coefficient (Wildman–Crippen LogP) is 4.39. The number of aryl methyl sites for hydroxylation is 1. The molecule has 8 nitrogen and oxygen atoms in total. The number of ether oxygens (including phenoxy) is 2. The van der Waals surface area contributed by atoms with E-state index in [0.29, 0.717) is 10.6 Å². The number of ketones is 1. The molecule has 1 aromatic heterocycles. The molecule has 156 valence electrons. The first-order chi connectivity index (χ1) is 12.6. The van der Waals surface area contributed by atoms with Crippen LogP contribution in [0.25, 0.3) is 0 Å². The van der Waals surface area contributed by atoms with Crippen molar-refractivity contribution in [3.05, 3.63) is 22.8 Å². The molecule has 0 aliphatic carbocycles. The van der Waals surface area contributed by atoms with E-state index < -0.39 is 23.4 Å². The largest absolute Gasteiger partial charge is 0.443 e. The minimum absolute atomic E-state index is 0.0163. The Morgan fingerprint density at radius 1 is 0.964 bits per heavy atom. The SMILES string of the molecule is Cc1nc(N(C(=O)OC(C)(C)C)C(=O)OC(C)(C)C)sc1C(=O)C=CN(C)C. The molecule has 0 radical (unpaired) electrons. The molecule has 0 fully saturated rings. The smallest absolute Gasteiger partial charge is 0.426 e. The van der Waals surface area contributed by atoms with Gasteiger partial charge in [-0.15, -0.1) is 0 Å². The van der Waals surface area contributed by atoms with Gasteiger partial charge >= 0.3 is 12.2 Å². The number of rotatable bonds is 4. The third-order valence-corrected chi connectivity index (χ3v) is 4.03. The van der Waals surface area contributed by atoms with Crippen LogP contribution in [0.15, 0.2) is 12.3 Å². The number of imide groups is 1. The van der Waals surface area contributed by atoms with Crippen molar-refractivity contribution in [2.45, 2.75) is 59.7 Å². The number of aromatic nitrogens is 1. The number of nitrogens with zero attached hydrogens (tertiary/aromatic N) is 3. The number of allylic oxidation sites excluding steroid dienone is 1. The average molecular weight is 412 g/mol. The molecule has 0 aliphatic heterocycles. The number of amides is 2. The Bertz CT molecular complexity index is 742. The summed E-state index contributed by atoms with van der Waals surface area (Å²) >= 11 is 0.930. The van der Waals surface area contributed by atoms with Gasteiger partial charge in [-0.2, -0.15) is 4.90 Å². The van der Waals surface area contributed by atoms with Gasteiger partial charge in [0.05, 0.1) is 10.6 Å². The monoisotopic (exact) mass is 411 g/mol. The zero-order valence-corrected chi connectivity index (χ0v) is 18.8. The Balaban J connectivity index is 3.31. The molecular weight excluding hydrogens is 382 g/mol. The van der Waals surface area contributed by atoms with E-state index in [1.54, 1.807) is 73.7 Å². The van der Waals surface area contributed by atoms with Gasteiger partial charge in [0.15, 0.2) is 5.78 Å². The molecule has 0 N–H and O–H groups in total. The lowest BCUT2D eigenvalue weighted by atomic mass is 10.2. The van der Waals surface area contributed by atoms with Crippen molar-refractivity contribution in [2.24, 2.45) is 0 Å². The lowest BCUT2D eigenvalue weighted by Crippen LogP contribution is -2.43. The minimum atomic E-state index is -0.918. The highest BCUT2D eigenvalue weighted by molar-refractivity contribution is 7.18. The highest BCUT2D eigenvalue weighted by Crippen LogP contribution is 2.29. The summed E-state index contributed by atoms with van der Waals surface area (Å²) in [4.78, 5) is 44.7. The number of anilines is 1. The van der Waals surface area contributed by atoms with Crippen LogP contribution in [0.1, 0.15) is 56.9 Å². The maximum Gasteiger partial charge on any atom is 0.426 e. The maximum absolute atomic E-state index is 12.7. The summed E-state index contributed by atoms with van der Waals surface area (Å²) < 4.78 is 10.7. The summed E-state index contributed by atoms with van der Waals surface area (Å²) in [7, 11) is 3.59. The van der Waals surface area contributed by atoms with E-state index in [4.69, 9.17) is 9.47 Å². The molecule has 28 heavy (non-hydrogen) atoms. The molecule has 0 spiro atoms. The lowest BCUT2D eigenvalue weighted by molar-refractivity contribution is 0.0430. The third-order valence-electron chi connectivity index (χ3n) is 2.88. The molecular formula is C19H29N3O5S. The highest BCUT2D eigenvalue weighted by Gasteiger charge is 2.35. The summed E-state index contributed by atoms with van der Waals surface area (Å²) in [6, 6.07) is 0. The van der Waals surface area contributed by atoms with Crippen molar-refractivity contribution in [2.75, 3.05) is 19.0 Å². The quantitative estimate of drug-likeness (QED) is 0.536. The Kier molecular flexibility index (Phi) is 7.36. The normalized spacial score (nSPS) is 12.0. The first-order valence-electron chi connectivity index (χ1n) is 8.73. The van der Waals surface area contributed by atoms with Crippen molar-refractivity contribution >= 4 is 34.4 Å². The van der Waals surface area contributed by atoms with Gasteiger partial charge in [-0.3, -0.25) is 4.79 Å². The average Bonchev–Trinajstić information content (AvgIpc) is 2.82. The van der Waals surface area contributed by atoms with E-state index in [0.717, 1.165) is 16.2 Å². The Hall–Kier alpha value is -2.42. The summed E-state index contributed by atoms with van der Waals surface area (Å²) in [6.45, 7) is 11.8. The number of carbonyl (C=O) groups is 3. The van der Waals surface area contributed by atoms with Crippen molar-refractivity contribution in [3.8, 4) is 0 Å². The third kappa shape index (κ3) is 7.30. The first-order valence-corrected chi connectivity index (χ1v) is 9.55. The Morgan fingerprint density at radius 2 is 1.43 bits per heavy atom. The molecule has 0 atom stereocenters. The summed E-state index contributed by atoms with van der Waals surface area (Å²) in [6.07, 6.45) is 1.17. The van der Waals surface area contributed by atoms with E-state index >= 15 is 0 Å². The van der Waals surface area contributed by atoms with E-state index in [1.807, 2.05) is 0 Å². The van der Waals surface area contributed by atoms with Crippen LogP contribution < -0.4 is 4.90 Å². The van der Waals surface area contributed by atoms with E-state index in [9.17, 15) is 14.4 Å². The van der Waals surface area contributed by atoms with Gasteiger partial charge in [0.25, 0.3) is 0 Å². The van der Waals surface area contributed by atoms with Gasteiger partial charge in [0.1, 0.15) is 11.2 Å². The van der Waals surface area contributed by atoms with Crippen LogP contribution in [0.2, 0.25) is 0 Å². The number of carbonyl (C=O) groups excluding carboxylic acids is 3. The van der Waals surface area contributed by atoms with Crippen LogP contribution in [0.3, 0.4) is 0 Å². The molecule has 1 aromatic rings. The molecule has 1 heterocycles. The molecule has 9 heteroatoms. The van der Waals surface area contributed by atoms with Crippen molar-refractivity contribution in [3.63, 3.8) is 0 Å². The maximum atomic E-state index is 12.7. The van der Waals surface area contributed by atoms with Gasteiger partial charge in [-0.25, -0.2) is 14.6 Å². The van der Waals surface area contributed by atoms with Crippen LogP contribution in [-0.4, -0.2) is 53.2 Å². The standard InChI is InChI=1S/C19H29N3O5S/c1-12-14(13(23)10-11-21(8)9)28-15(20-12)22(16(24)26-18(2,3)4)17(25)27-19(5,6)7/h10-11H,1-9H3. The number of hydrogen-bond acceptors (Lipinski definition) is 8. The fourth-order valence-corrected chi connectivity index (χ4v) is 2.81. The fraction of sp³-hybridized carbons (Fsp3) is 0.579. The topological polar surface area (TPSA) is 89.0 Å². The van der Waals surface area contributed by atoms with Gasteiger partial charge in [0, 0.05) is 26.4 Å². The zero-order valence-electron chi connectivity index (χ0n) is 17.9. The first kappa shape index (κ1) is 23.6. The van der Waals surface area contributed by atoms with Crippen LogP contribution in [0, 0.1) is 6.92 Å². The molecule has 0 aliphatic rings. The Labute approximate surface area is 170 Å². The van der Waals surface area contributed by atoms with Gasteiger partial charge in [0.2, 0.25) is 5.13 Å². The molecule has 0 saturated carbocycles. The number of thiazole rings is 1. The molecule has 0 aromatic carbocycles. The second-order valence-electron chi connectivity index (χ2n) is 8.35. The lowest BCUT2D eigenvalue weighted by Gasteiger charge is -2.27. The molecule has 1 rings (SSSR count). The molecule has 0 saturated heterocycles. The highest BCUT2D eigenvalue weighted by atomic mass is 32.1. The van der Waals surface area contributed by atoms with Crippen molar-refractivity contribution < 1.29 is 23.9 Å². The predicted molar refractivity (Wildman–Crippen MR) is 109 cm³/mol. The van der Waals surface area contributed by atoms with Crippen molar-refractivity contribution in [1.29, 1.82) is 0 Å². The number of hydrogen-bond donors (Lipinski definition) is 0. The van der Waals surface area contributed by atoms with Crippen LogP contribution in [0.4, 0.5) is 14.7 Å². The van der Waals surface area contributed by atoms with E-state index in [1.165, 1.54) is 6.08 Å².